The van der Waals surface area contributed by atoms with Crippen LogP contribution in [-0.4, -0.2) is 22.8 Å². The molecule has 0 aliphatic carbocycles. The van der Waals surface area contributed by atoms with E-state index in [1.165, 1.54) is 12.1 Å². The molecule has 0 aliphatic rings. The first kappa shape index (κ1) is 15.1. The highest BCUT2D eigenvalue weighted by Gasteiger charge is 2.11. The number of anilines is 1. The van der Waals surface area contributed by atoms with Crippen molar-refractivity contribution in [2.75, 3.05) is 18.9 Å². The Morgan fingerprint density at radius 1 is 1.40 bits per heavy atom. The van der Waals surface area contributed by atoms with Crippen molar-refractivity contribution < 1.29 is 9.13 Å². The van der Waals surface area contributed by atoms with Crippen LogP contribution < -0.4 is 5.73 Å². The van der Waals surface area contributed by atoms with E-state index in [1.54, 1.807) is 4.57 Å². The molecule has 110 valence electrons. The maximum atomic E-state index is 13.5. The topological polar surface area (TPSA) is 53.1 Å². The van der Waals surface area contributed by atoms with Crippen LogP contribution in [0.3, 0.4) is 0 Å². The zero-order valence-corrected chi connectivity index (χ0v) is 12.5. The van der Waals surface area contributed by atoms with Crippen LogP contribution in [0.2, 0.25) is 5.02 Å². The average molecular weight is 300 g/mol. The van der Waals surface area contributed by atoms with E-state index in [2.05, 4.69) is 18.8 Å². The molecule has 1 aromatic heterocycles. The standard InChI is InChI=1S/C14H19ClFN3O/c1-9(2)3-5-20-6-4-19-13-8-11(16)10(15)7-12(13)18-14(19)17/h7-9H,3-6H2,1-2H3,(H2,17,18). The highest BCUT2D eigenvalue weighted by Crippen LogP contribution is 2.24. The quantitative estimate of drug-likeness (QED) is 0.831. The SMILES string of the molecule is CC(C)CCOCCn1c(N)nc2cc(Cl)c(F)cc21. The molecule has 0 bridgehead atoms. The minimum absolute atomic E-state index is 0.0512. The molecule has 0 saturated heterocycles. The van der Waals surface area contributed by atoms with E-state index in [0.29, 0.717) is 42.7 Å². The van der Waals surface area contributed by atoms with Crippen molar-refractivity contribution in [2.45, 2.75) is 26.8 Å². The molecule has 1 heterocycles. The van der Waals surface area contributed by atoms with Crippen LogP contribution in [0.1, 0.15) is 20.3 Å². The second-order valence-corrected chi connectivity index (χ2v) is 5.58. The monoisotopic (exact) mass is 299 g/mol. The Balaban J connectivity index is 2.06. The summed E-state index contributed by atoms with van der Waals surface area (Å²) in [6.45, 7) is 6.08. The van der Waals surface area contributed by atoms with Crippen molar-refractivity contribution in [2.24, 2.45) is 5.92 Å². The number of benzene rings is 1. The average Bonchev–Trinajstić information content (AvgIpc) is 2.65. The van der Waals surface area contributed by atoms with Gasteiger partial charge in [-0.05, 0) is 18.4 Å². The Labute approximate surface area is 122 Å². The Hall–Kier alpha value is -1.33. The third kappa shape index (κ3) is 3.41. The third-order valence-corrected chi connectivity index (χ3v) is 3.41. The number of fused-ring (bicyclic) bond motifs is 1. The molecule has 0 atom stereocenters. The van der Waals surface area contributed by atoms with Gasteiger partial charge in [-0.1, -0.05) is 25.4 Å². The number of rotatable bonds is 6. The summed E-state index contributed by atoms with van der Waals surface area (Å²) in [6.07, 6.45) is 1.02. The van der Waals surface area contributed by atoms with Crippen LogP contribution >= 0.6 is 11.6 Å². The summed E-state index contributed by atoms with van der Waals surface area (Å²) in [4.78, 5) is 4.18. The molecule has 0 fully saturated rings. The predicted octanol–water partition coefficient (Wildman–Crippen LogP) is 3.47. The lowest BCUT2D eigenvalue weighted by molar-refractivity contribution is 0.117. The van der Waals surface area contributed by atoms with Gasteiger partial charge in [0, 0.05) is 19.2 Å². The fourth-order valence-corrected chi connectivity index (χ4v) is 2.11. The van der Waals surface area contributed by atoms with E-state index in [1.807, 2.05) is 0 Å². The molecule has 2 aromatic rings. The second-order valence-electron chi connectivity index (χ2n) is 5.17. The molecule has 0 radical (unpaired) electrons. The van der Waals surface area contributed by atoms with E-state index >= 15 is 0 Å². The first-order valence-electron chi connectivity index (χ1n) is 6.67. The fraction of sp³-hybridized carbons (Fsp3) is 0.500. The molecule has 6 heteroatoms. The summed E-state index contributed by atoms with van der Waals surface area (Å²) in [7, 11) is 0. The first-order valence-corrected chi connectivity index (χ1v) is 7.05. The summed E-state index contributed by atoms with van der Waals surface area (Å²) < 4.78 is 20.8. The Morgan fingerprint density at radius 2 is 2.15 bits per heavy atom. The third-order valence-electron chi connectivity index (χ3n) is 3.12. The van der Waals surface area contributed by atoms with E-state index < -0.39 is 5.82 Å². The van der Waals surface area contributed by atoms with Gasteiger partial charge in [0.2, 0.25) is 5.95 Å². The van der Waals surface area contributed by atoms with Gasteiger partial charge >= 0.3 is 0 Å². The molecule has 0 unspecified atom stereocenters. The summed E-state index contributed by atoms with van der Waals surface area (Å²) in [5, 5.41) is 0.0512. The number of imidazole rings is 1. The lowest BCUT2D eigenvalue weighted by atomic mass is 10.1. The lowest BCUT2D eigenvalue weighted by Gasteiger charge is -2.09. The summed E-state index contributed by atoms with van der Waals surface area (Å²) >= 11 is 5.73. The van der Waals surface area contributed by atoms with Crippen molar-refractivity contribution in [3.63, 3.8) is 0 Å². The molecule has 2 N–H and O–H groups in total. The highest BCUT2D eigenvalue weighted by atomic mass is 35.5. The van der Waals surface area contributed by atoms with Crippen LogP contribution in [0.25, 0.3) is 11.0 Å². The second kappa shape index (κ2) is 6.41. The van der Waals surface area contributed by atoms with Gasteiger partial charge in [-0.25, -0.2) is 9.37 Å². The molecule has 2 rings (SSSR count). The fourth-order valence-electron chi connectivity index (χ4n) is 1.95. The molecule has 0 aliphatic heterocycles. The number of hydrogen-bond acceptors (Lipinski definition) is 3. The summed E-state index contributed by atoms with van der Waals surface area (Å²) in [5.41, 5.74) is 7.08. The number of nitrogens with zero attached hydrogens (tertiary/aromatic N) is 2. The number of nitrogens with two attached hydrogens (primary N) is 1. The maximum absolute atomic E-state index is 13.5. The Bertz CT molecular complexity index is 598. The van der Waals surface area contributed by atoms with Gasteiger partial charge in [0.05, 0.1) is 22.7 Å². The van der Waals surface area contributed by atoms with Crippen molar-refractivity contribution in [1.29, 1.82) is 0 Å². The molecule has 0 saturated carbocycles. The van der Waals surface area contributed by atoms with Crippen LogP contribution in [-0.2, 0) is 11.3 Å². The number of nitrogen functional groups attached to an aromatic ring is 1. The van der Waals surface area contributed by atoms with Gasteiger partial charge in [0.15, 0.2) is 0 Å². The van der Waals surface area contributed by atoms with E-state index in [0.717, 1.165) is 6.42 Å². The summed E-state index contributed by atoms with van der Waals surface area (Å²) in [6, 6.07) is 2.84. The predicted molar refractivity (Wildman–Crippen MR) is 79.4 cm³/mol. The number of hydrogen-bond donors (Lipinski definition) is 1. The van der Waals surface area contributed by atoms with Gasteiger partial charge in [-0.15, -0.1) is 0 Å². The normalized spacial score (nSPS) is 11.7. The van der Waals surface area contributed by atoms with Gasteiger partial charge in [-0.2, -0.15) is 0 Å². The number of aromatic nitrogens is 2. The minimum Gasteiger partial charge on any atom is -0.380 e. The van der Waals surface area contributed by atoms with Crippen LogP contribution in [0.5, 0.6) is 0 Å². The molecular formula is C14H19ClFN3O. The van der Waals surface area contributed by atoms with Gasteiger partial charge in [0.25, 0.3) is 0 Å². The lowest BCUT2D eigenvalue weighted by Crippen LogP contribution is -2.10. The zero-order chi connectivity index (χ0) is 14.7. The Morgan fingerprint density at radius 3 is 2.85 bits per heavy atom. The molecule has 4 nitrogen and oxygen atoms in total. The molecule has 0 spiro atoms. The van der Waals surface area contributed by atoms with Gasteiger partial charge < -0.3 is 15.0 Å². The zero-order valence-electron chi connectivity index (χ0n) is 11.7. The summed E-state index contributed by atoms with van der Waals surface area (Å²) in [5.74, 6) is 0.487. The van der Waals surface area contributed by atoms with Crippen LogP contribution in [0, 0.1) is 11.7 Å². The van der Waals surface area contributed by atoms with Gasteiger partial charge in [0.1, 0.15) is 5.82 Å². The van der Waals surface area contributed by atoms with E-state index in [4.69, 9.17) is 22.1 Å². The molecule has 20 heavy (non-hydrogen) atoms. The molecule has 0 amide bonds. The molecular weight excluding hydrogens is 281 g/mol. The van der Waals surface area contributed by atoms with Crippen molar-refractivity contribution in [3.8, 4) is 0 Å². The Kier molecular flexibility index (Phi) is 4.83. The smallest absolute Gasteiger partial charge is 0.201 e. The molecule has 1 aromatic carbocycles. The maximum Gasteiger partial charge on any atom is 0.201 e. The van der Waals surface area contributed by atoms with Crippen molar-refractivity contribution in [1.82, 2.24) is 9.55 Å². The van der Waals surface area contributed by atoms with E-state index in [-0.39, 0.29) is 5.02 Å². The van der Waals surface area contributed by atoms with Crippen molar-refractivity contribution >= 4 is 28.6 Å². The largest absolute Gasteiger partial charge is 0.380 e. The van der Waals surface area contributed by atoms with Crippen molar-refractivity contribution in [3.05, 3.63) is 23.0 Å². The minimum atomic E-state index is -0.471. The number of ether oxygens (including phenoxy) is 1. The number of halogens is 2. The van der Waals surface area contributed by atoms with Gasteiger partial charge in [-0.3, -0.25) is 0 Å². The van der Waals surface area contributed by atoms with Crippen LogP contribution in [0.15, 0.2) is 12.1 Å². The first-order chi connectivity index (χ1) is 9.49. The highest BCUT2D eigenvalue weighted by molar-refractivity contribution is 6.31. The van der Waals surface area contributed by atoms with E-state index in [9.17, 15) is 4.39 Å². The van der Waals surface area contributed by atoms with Crippen LogP contribution in [0.4, 0.5) is 10.3 Å².